The van der Waals surface area contributed by atoms with Gasteiger partial charge in [-0.25, -0.2) is 14.8 Å². The number of amides is 1. The SMILES string of the molecule is Cc1nc(NC2CCN(C)C2=O)ncc1C(=O)O. The molecule has 2 N–H and O–H groups in total. The van der Waals surface area contributed by atoms with Crippen LogP contribution < -0.4 is 5.32 Å². The number of carbonyl (C=O) groups excluding carboxylic acids is 1. The first-order chi connectivity index (χ1) is 8.49. The number of rotatable bonds is 3. The Bertz CT molecular complexity index is 503. The van der Waals surface area contributed by atoms with Crippen molar-refractivity contribution in [3.63, 3.8) is 0 Å². The summed E-state index contributed by atoms with van der Waals surface area (Å²) in [6.07, 6.45) is 1.94. The van der Waals surface area contributed by atoms with Crippen LogP contribution in [0.1, 0.15) is 22.5 Å². The van der Waals surface area contributed by atoms with Gasteiger partial charge in [-0.3, -0.25) is 4.79 Å². The maximum Gasteiger partial charge on any atom is 0.339 e. The number of aryl methyl sites for hydroxylation is 1. The zero-order valence-electron chi connectivity index (χ0n) is 10.2. The number of aromatic carboxylic acids is 1. The molecule has 7 nitrogen and oxygen atoms in total. The van der Waals surface area contributed by atoms with Gasteiger partial charge >= 0.3 is 5.97 Å². The number of carboxylic acid groups (broad SMARTS) is 1. The standard InChI is InChI=1S/C11H14N4O3/c1-6-7(10(17)18)5-12-11(13-6)14-8-3-4-15(2)9(8)16/h5,8H,3-4H2,1-2H3,(H,17,18)(H,12,13,14). The average Bonchev–Trinajstić information content (AvgIpc) is 2.61. The van der Waals surface area contributed by atoms with E-state index in [1.165, 1.54) is 6.20 Å². The first-order valence-corrected chi connectivity index (χ1v) is 5.57. The minimum atomic E-state index is -1.06. The predicted octanol–water partition coefficient (Wildman–Crippen LogP) is 0.126. The van der Waals surface area contributed by atoms with Gasteiger partial charge in [-0.05, 0) is 13.3 Å². The lowest BCUT2D eigenvalue weighted by atomic mass is 10.2. The monoisotopic (exact) mass is 250 g/mol. The quantitative estimate of drug-likeness (QED) is 0.791. The summed E-state index contributed by atoms with van der Waals surface area (Å²) in [6.45, 7) is 2.29. The van der Waals surface area contributed by atoms with Crippen molar-refractivity contribution in [2.24, 2.45) is 0 Å². The third-order valence-corrected chi connectivity index (χ3v) is 2.94. The van der Waals surface area contributed by atoms with Crippen molar-refractivity contribution in [2.45, 2.75) is 19.4 Å². The second kappa shape index (κ2) is 4.59. The number of hydrogen-bond acceptors (Lipinski definition) is 5. The number of nitrogens with zero attached hydrogens (tertiary/aromatic N) is 3. The molecular formula is C11H14N4O3. The van der Waals surface area contributed by atoms with E-state index in [-0.39, 0.29) is 23.5 Å². The number of carboxylic acids is 1. The van der Waals surface area contributed by atoms with Crippen LogP contribution in [0, 0.1) is 6.92 Å². The van der Waals surface area contributed by atoms with E-state index in [9.17, 15) is 9.59 Å². The van der Waals surface area contributed by atoms with Gasteiger partial charge in [0.1, 0.15) is 6.04 Å². The highest BCUT2D eigenvalue weighted by molar-refractivity contribution is 5.88. The number of likely N-dealkylation sites (N-methyl/N-ethyl adjacent to an activating group) is 1. The molecule has 0 spiro atoms. The Labute approximate surface area is 104 Å². The summed E-state index contributed by atoms with van der Waals surface area (Å²) >= 11 is 0. The van der Waals surface area contributed by atoms with E-state index in [1.54, 1.807) is 18.9 Å². The Morgan fingerprint density at radius 1 is 1.61 bits per heavy atom. The Morgan fingerprint density at radius 3 is 2.83 bits per heavy atom. The Kier molecular flexibility index (Phi) is 3.14. The zero-order valence-corrected chi connectivity index (χ0v) is 10.2. The van der Waals surface area contributed by atoms with Crippen molar-refractivity contribution < 1.29 is 14.7 Å². The molecule has 1 atom stereocenters. The number of carbonyl (C=O) groups is 2. The van der Waals surface area contributed by atoms with E-state index in [2.05, 4.69) is 15.3 Å². The molecule has 0 bridgehead atoms. The van der Waals surface area contributed by atoms with E-state index in [1.807, 2.05) is 0 Å². The van der Waals surface area contributed by atoms with Crippen LogP contribution in [-0.4, -0.2) is 51.5 Å². The van der Waals surface area contributed by atoms with Crippen LogP contribution in [0.15, 0.2) is 6.20 Å². The third-order valence-electron chi connectivity index (χ3n) is 2.94. The molecule has 1 aromatic rings. The number of hydrogen-bond donors (Lipinski definition) is 2. The average molecular weight is 250 g/mol. The number of anilines is 1. The highest BCUT2D eigenvalue weighted by Crippen LogP contribution is 2.14. The molecule has 0 saturated carbocycles. The normalized spacial score (nSPS) is 19.1. The van der Waals surface area contributed by atoms with Crippen LogP contribution in [0.4, 0.5) is 5.95 Å². The van der Waals surface area contributed by atoms with Gasteiger partial charge < -0.3 is 15.3 Å². The Hall–Kier alpha value is -2.18. The molecule has 2 heterocycles. The largest absolute Gasteiger partial charge is 0.478 e. The molecule has 0 aliphatic carbocycles. The molecule has 0 aromatic carbocycles. The smallest absolute Gasteiger partial charge is 0.339 e. The van der Waals surface area contributed by atoms with E-state index >= 15 is 0 Å². The summed E-state index contributed by atoms with van der Waals surface area (Å²) in [6, 6.07) is -0.329. The second-order valence-corrected chi connectivity index (χ2v) is 4.24. The summed E-state index contributed by atoms with van der Waals surface area (Å²) in [5.41, 5.74) is 0.439. The number of aromatic nitrogens is 2. The summed E-state index contributed by atoms with van der Waals surface area (Å²) in [4.78, 5) is 32.1. The highest BCUT2D eigenvalue weighted by atomic mass is 16.4. The van der Waals surface area contributed by atoms with Gasteiger partial charge in [-0.2, -0.15) is 0 Å². The van der Waals surface area contributed by atoms with E-state index < -0.39 is 5.97 Å². The number of nitrogens with one attached hydrogen (secondary N) is 1. The predicted molar refractivity (Wildman–Crippen MR) is 63.4 cm³/mol. The van der Waals surface area contributed by atoms with Gasteiger partial charge in [-0.15, -0.1) is 0 Å². The van der Waals surface area contributed by atoms with Crippen molar-refractivity contribution in [3.05, 3.63) is 17.5 Å². The topological polar surface area (TPSA) is 95.4 Å². The van der Waals surface area contributed by atoms with Crippen LogP contribution in [0.3, 0.4) is 0 Å². The summed E-state index contributed by atoms with van der Waals surface area (Å²) < 4.78 is 0. The second-order valence-electron chi connectivity index (χ2n) is 4.24. The van der Waals surface area contributed by atoms with Gasteiger partial charge in [0.15, 0.2) is 0 Å². The molecule has 1 aliphatic rings. The first-order valence-electron chi connectivity index (χ1n) is 5.57. The van der Waals surface area contributed by atoms with Crippen molar-refractivity contribution in [3.8, 4) is 0 Å². The van der Waals surface area contributed by atoms with Crippen LogP contribution in [0.5, 0.6) is 0 Å². The van der Waals surface area contributed by atoms with E-state index in [0.29, 0.717) is 18.7 Å². The molecule has 96 valence electrons. The summed E-state index contributed by atoms with van der Waals surface area (Å²) in [5.74, 6) is -0.777. The minimum absolute atomic E-state index is 0.00133. The van der Waals surface area contributed by atoms with Crippen molar-refractivity contribution >= 4 is 17.8 Å². The first kappa shape index (κ1) is 12.3. The fraction of sp³-hybridized carbons (Fsp3) is 0.455. The lowest BCUT2D eigenvalue weighted by molar-refractivity contribution is -0.127. The molecule has 1 amide bonds. The minimum Gasteiger partial charge on any atom is -0.478 e. The fourth-order valence-electron chi connectivity index (χ4n) is 1.86. The highest BCUT2D eigenvalue weighted by Gasteiger charge is 2.29. The zero-order chi connectivity index (χ0) is 13.3. The van der Waals surface area contributed by atoms with Crippen molar-refractivity contribution in [1.82, 2.24) is 14.9 Å². The lowest BCUT2D eigenvalue weighted by Crippen LogP contribution is -2.31. The van der Waals surface area contributed by atoms with Gasteiger partial charge in [-0.1, -0.05) is 0 Å². The summed E-state index contributed by atoms with van der Waals surface area (Å²) in [5, 5.41) is 11.8. The molecule has 7 heteroatoms. The lowest BCUT2D eigenvalue weighted by Gasteiger charge is -2.12. The van der Waals surface area contributed by atoms with Crippen LogP contribution in [0.2, 0.25) is 0 Å². The van der Waals surface area contributed by atoms with Crippen LogP contribution >= 0.6 is 0 Å². The Morgan fingerprint density at radius 2 is 2.33 bits per heavy atom. The fourth-order valence-corrected chi connectivity index (χ4v) is 1.86. The molecule has 1 fully saturated rings. The van der Waals surface area contributed by atoms with Gasteiger partial charge in [0.25, 0.3) is 0 Å². The van der Waals surface area contributed by atoms with Gasteiger partial charge in [0, 0.05) is 19.8 Å². The molecule has 0 radical (unpaired) electrons. The molecular weight excluding hydrogens is 236 g/mol. The van der Waals surface area contributed by atoms with Crippen LogP contribution in [-0.2, 0) is 4.79 Å². The molecule has 2 rings (SSSR count). The van der Waals surface area contributed by atoms with Gasteiger partial charge in [0.2, 0.25) is 11.9 Å². The Balaban J connectivity index is 2.14. The third kappa shape index (κ3) is 2.24. The van der Waals surface area contributed by atoms with Crippen LogP contribution in [0.25, 0.3) is 0 Å². The molecule has 1 aliphatic heterocycles. The molecule has 1 aromatic heterocycles. The van der Waals surface area contributed by atoms with Gasteiger partial charge in [0.05, 0.1) is 11.3 Å². The maximum atomic E-state index is 11.7. The number of likely N-dealkylation sites (tertiary alicyclic amines) is 1. The summed E-state index contributed by atoms with van der Waals surface area (Å²) in [7, 11) is 1.74. The van der Waals surface area contributed by atoms with Crippen molar-refractivity contribution in [1.29, 1.82) is 0 Å². The molecule has 1 unspecified atom stereocenters. The molecule has 18 heavy (non-hydrogen) atoms. The molecule has 1 saturated heterocycles. The maximum absolute atomic E-state index is 11.7. The van der Waals surface area contributed by atoms with Crippen molar-refractivity contribution in [2.75, 3.05) is 18.9 Å². The van der Waals surface area contributed by atoms with E-state index in [0.717, 1.165) is 0 Å². The van der Waals surface area contributed by atoms with E-state index in [4.69, 9.17) is 5.11 Å².